The molecule has 0 radical (unpaired) electrons. The summed E-state index contributed by atoms with van der Waals surface area (Å²) in [5.74, 6) is 1.58. The lowest BCUT2D eigenvalue weighted by atomic mass is 10.00. The van der Waals surface area contributed by atoms with Crippen molar-refractivity contribution >= 4 is 0 Å². The molecule has 20 heavy (non-hydrogen) atoms. The first kappa shape index (κ1) is 16.8. The number of aliphatic hydroxyl groups is 1. The van der Waals surface area contributed by atoms with Crippen LogP contribution in [0.4, 0.5) is 0 Å². The zero-order valence-corrected chi connectivity index (χ0v) is 12.6. The molecule has 0 aromatic heterocycles. The predicted molar refractivity (Wildman–Crippen MR) is 81.3 cm³/mol. The Labute approximate surface area is 121 Å². The van der Waals surface area contributed by atoms with Crippen LogP contribution in [0.1, 0.15) is 39.5 Å². The standard InChI is InChI=1S/C16H27NO3/c1-3-11-19-14-8-4-5-9-15(14)20-12-7-6-10-16(2,18)13-17/h4-5,8-9,18H,3,6-7,10-13,17H2,1-2H3. The summed E-state index contributed by atoms with van der Waals surface area (Å²) in [6, 6.07) is 7.72. The van der Waals surface area contributed by atoms with E-state index in [0.29, 0.717) is 26.2 Å². The molecule has 4 nitrogen and oxygen atoms in total. The normalized spacial score (nSPS) is 13.8. The molecule has 0 aliphatic rings. The molecule has 0 amide bonds. The van der Waals surface area contributed by atoms with Crippen LogP contribution >= 0.6 is 0 Å². The van der Waals surface area contributed by atoms with Crippen molar-refractivity contribution < 1.29 is 14.6 Å². The summed E-state index contributed by atoms with van der Waals surface area (Å²) < 4.78 is 11.4. The van der Waals surface area contributed by atoms with Gasteiger partial charge in [-0.15, -0.1) is 0 Å². The summed E-state index contributed by atoms with van der Waals surface area (Å²) in [5.41, 5.74) is 4.72. The van der Waals surface area contributed by atoms with Crippen molar-refractivity contribution in [2.45, 2.75) is 45.1 Å². The van der Waals surface area contributed by atoms with Crippen LogP contribution in [0.2, 0.25) is 0 Å². The molecule has 1 aromatic carbocycles. The number of benzene rings is 1. The number of nitrogens with two attached hydrogens (primary N) is 1. The van der Waals surface area contributed by atoms with Crippen LogP contribution in [0.3, 0.4) is 0 Å². The molecule has 0 heterocycles. The molecule has 0 fully saturated rings. The lowest BCUT2D eigenvalue weighted by molar-refractivity contribution is 0.0561. The quantitative estimate of drug-likeness (QED) is 0.647. The summed E-state index contributed by atoms with van der Waals surface area (Å²) in [4.78, 5) is 0. The monoisotopic (exact) mass is 281 g/mol. The second-order valence-corrected chi connectivity index (χ2v) is 5.30. The minimum absolute atomic E-state index is 0.293. The smallest absolute Gasteiger partial charge is 0.161 e. The van der Waals surface area contributed by atoms with E-state index in [1.165, 1.54) is 0 Å². The molecule has 1 rings (SSSR count). The van der Waals surface area contributed by atoms with Crippen molar-refractivity contribution in [1.29, 1.82) is 0 Å². The second-order valence-electron chi connectivity index (χ2n) is 5.30. The lowest BCUT2D eigenvalue weighted by Crippen LogP contribution is -2.33. The van der Waals surface area contributed by atoms with E-state index in [2.05, 4.69) is 6.92 Å². The minimum Gasteiger partial charge on any atom is -0.490 e. The Hall–Kier alpha value is -1.26. The highest BCUT2D eigenvalue weighted by Crippen LogP contribution is 2.26. The average Bonchev–Trinajstić information content (AvgIpc) is 2.45. The van der Waals surface area contributed by atoms with Gasteiger partial charge in [0.25, 0.3) is 0 Å². The van der Waals surface area contributed by atoms with Crippen molar-refractivity contribution in [1.82, 2.24) is 0 Å². The molecule has 0 saturated heterocycles. The van der Waals surface area contributed by atoms with Crippen LogP contribution in [0.5, 0.6) is 11.5 Å². The SMILES string of the molecule is CCCOc1ccccc1OCCCCC(C)(O)CN. The van der Waals surface area contributed by atoms with E-state index in [1.54, 1.807) is 6.92 Å². The zero-order chi connectivity index (χ0) is 14.8. The Balaban J connectivity index is 2.31. The molecular formula is C16H27NO3. The fourth-order valence-corrected chi connectivity index (χ4v) is 1.79. The number of hydrogen-bond acceptors (Lipinski definition) is 4. The predicted octanol–water partition coefficient (Wildman–Crippen LogP) is 2.73. The topological polar surface area (TPSA) is 64.7 Å². The molecule has 0 aliphatic carbocycles. The van der Waals surface area contributed by atoms with E-state index in [1.807, 2.05) is 24.3 Å². The molecule has 0 bridgehead atoms. The maximum atomic E-state index is 9.79. The Morgan fingerprint density at radius 1 is 1.10 bits per heavy atom. The summed E-state index contributed by atoms with van der Waals surface area (Å²) >= 11 is 0. The van der Waals surface area contributed by atoms with Gasteiger partial charge in [0.05, 0.1) is 18.8 Å². The van der Waals surface area contributed by atoms with Gasteiger partial charge >= 0.3 is 0 Å². The van der Waals surface area contributed by atoms with Crippen LogP contribution in [-0.4, -0.2) is 30.5 Å². The third-order valence-corrected chi connectivity index (χ3v) is 3.12. The van der Waals surface area contributed by atoms with Gasteiger partial charge in [-0.25, -0.2) is 0 Å². The van der Waals surface area contributed by atoms with E-state index in [-0.39, 0.29) is 0 Å². The van der Waals surface area contributed by atoms with Gasteiger partial charge in [-0.1, -0.05) is 19.1 Å². The summed E-state index contributed by atoms with van der Waals surface area (Å²) in [6.45, 7) is 5.45. The molecule has 0 aliphatic heterocycles. The second kappa shape index (κ2) is 8.82. The third-order valence-electron chi connectivity index (χ3n) is 3.12. The van der Waals surface area contributed by atoms with Crippen LogP contribution in [0.15, 0.2) is 24.3 Å². The molecule has 0 saturated carbocycles. The highest BCUT2D eigenvalue weighted by molar-refractivity contribution is 5.39. The van der Waals surface area contributed by atoms with Crippen molar-refractivity contribution in [3.8, 4) is 11.5 Å². The first-order chi connectivity index (χ1) is 9.59. The molecule has 4 heteroatoms. The van der Waals surface area contributed by atoms with E-state index >= 15 is 0 Å². The van der Waals surface area contributed by atoms with Crippen LogP contribution in [0, 0.1) is 0 Å². The summed E-state index contributed by atoms with van der Waals surface area (Å²) in [7, 11) is 0. The van der Waals surface area contributed by atoms with Gasteiger partial charge in [-0.05, 0) is 44.7 Å². The highest BCUT2D eigenvalue weighted by Gasteiger charge is 2.16. The summed E-state index contributed by atoms with van der Waals surface area (Å²) in [6.07, 6.45) is 3.45. The summed E-state index contributed by atoms with van der Waals surface area (Å²) in [5, 5.41) is 9.79. The van der Waals surface area contributed by atoms with Crippen molar-refractivity contribution in [2.24, 2.45) is 5.73 Å². The Bertz CT molecular complexity index is 380. The number of unbranched alkanes of at least 4 members (excludes halogenated alkanes) is 1. The molecule has 1 atom stereocenters. The molecule has 114 valence electrons. The molecule has 0 spiro atoms. The van der Waals surface area contributed by atoms with Crippen LogP contribution < -0.4 is 15.2 Å². The van der Waals surface area contributed by atoms with Crippen molar-refractivity contribution in [2.75, 3.05) is 19.8 Å². The first-order valence-corrected chi connectivity index (χ1v) is 7.36. The number of hydrogen-bond donors (Lipinski definition) is 2. The van der Waals surface area contributed by atoms with Crippen molar-refractivity contribution in [3.63, 3.8) is 0 Å². The van der Waals surface area contributed by atoms with Gasteiger partial charge in [0.15, 0.2) is 11.5 Å². The van der Waals surface area contributed by atoms with Gasteiger partial charge in [0.1, 0.15) is 0 Å². The largest absolute Gasteiger partial charge is 0.490 e. The van der Waals surface area contributed by atoms with Crippen LogP contribution in [-0.2, 0) is 0 Å². The molecule has 1 unspecified atom stereocenters. The van der Waals surface area contributed by atoms with Gasteiger partial charge < -0.3 is 20.3 Å². The van der Waals surface area contributed by atoms with E-state index in [4.69, 9.17) is 15.2 Å². The number of rotatable bonds is 10. The maximum Gasteiger partial charge on any atom is 0.161 e. The number of ether oxygens (including phenoxy) is 2. The third kappa shape index (κ3) is 6.26. The maximum absolute atomic E-state index is 9.79. The van der Waals surface area contributed by atoms with Gasteiger partial charge in [0.2, 0.25) is 0 Å². The highest BCUT2D eigenvalue weighted by atomic mass is 16.5. The average molecular weight is 281 g/mol. The van der Waals surface area contributed by atoms with Crippen LogP contribution in [0.25, 0.3) is 0 Å². The lowest BCUT2D eigenvalue weighted by Gasteiger charge is -2.20. The Morgan fingerprint density at radius 3 is 2.25 bits per heavy atom. The van der Waals surface area contributed by atoms with Gasteiger partial charge in [0, 0.05) is 6.54 Å². The number of para-hydroxylation sites is 2. The molecule has 3 N–H and O–H groups in total. The first-order valence-electron chi connectivity index (χ1n) is 7.36. The zero-order valence-electron chi connectivity index (χ0n) is 12.6. The fraction of sp³-hybridized carbons (Fsp3) is 0.625. The molecular weight excluding hydrogens is 254 g/mol. The van der Waals surface area contributed by atoms with Crippen molar-refractivity contribution in [3.05, 3.63) is 24.3 Å². The Morgan fingerprint density at radius 2 is 1.70 bits per heavy atom. The van der Waals surface area contributed by atoms with E-state index in [9.17, 15) is 5.11 Å². The van der Waals surface area contributed by atoms with Gasteiger partial charge in [-0.2, -0.15) is 0 Å². The fourth-order valence-electron chi connectivity index (χ4n) is 1.79. The minimum atomic E-state index is -0.762. The Kier molecular flexibility index (Phi) is 7.41. The molecule has 1 aromatic rings. The van der Waals surface area contributed by atoms with Gasteiger partial charge in [-0.3, -0.25) is 0 Å². The van der Waals surface area contributed by atoms with E-state index in [0.717, 1.165) is 30.8 Å². The van der Waals surface area contributed by atoms with E-state index < -0.39 is 5.60 Å².